The number of halogens is 3. The van der Waals surface area contributed by atoms with Crippen molar-refractivity contribution in [3.05, 3.63) is 29.3 Å². The molecule has 0 saturated carbocycles. The van der Waals surface area contributed by atoms with Crippen molar-refractivity contribution in [2.24, 2.45) is 0 Å². The van der Waals surface area contributed by atoms with E-state index in [2.05, 4.69) is 4.90 Å². The predicted molar refractivity (Wildman–Crippen MR) is 73.4 cm³/mol. The molecule has 1 saturated heterocycles. The average Bonchev–Trinajstić information content (AvgIpc) is 2.70. The molecule has 1 aromatic rings. The van der Waals surface area contributed by atoms with Crippen LogP contribution >= 0.6 is 0 Å². The summed E-state index contributed by atoms with van der Waals surface area (Å²) < 4.78 is 38.7. The highest BCUT2D eigenvalue weighted by atomic mass is 19.4. The smallest absolute Gasteiger partial charge is 0.306 e. The lowest BCUT2D eigenvalue weighted by Crippen LogP contribution is -2.50. The molecule has 0 radical (unpaired) electrons. The summed E-state index contributed by atoms with van der Waals surface area (Å²) in [5.41, 5.74) is 2.29. The third-order valence-corrected chi connectivity index (χ3v) is 4.41. The maximum absolute atomic E-state index is 12.9. The zero-order chi connectivity index (χ0) is 15.4. The fourth-order valence-corrected chi connectivity index (χ4v) is 3.48. The van der Waals surface area contributed by atoms with Gasteiger partial charge in [-0.1, -0.05) is 17.7 Å². The lowest BCUT2D eigenvalue weighted by molar-refractivity contribution is -0.171. The molecular formula is C15H17F3N2O. The molecule has 0 N–H and O–H groups in total. The van der Waals surface area contributed by atoms with Gasteiger partial charge in [-0.15, -0.1) is 0 Å². The Balaban J connectivity index is 2.07. The Bertz CT molecular complexity index is 585. The molecule has 114 valence electrons. The molecule has 1 fully saturated rings. The van der Waals surface area contributed by atoms with Gasteiger partial charge in [0.05, 0.1) is 0 Å². The fraction of sp³-hybridized carbons (Fsp3) is 0.533. The van der Waals surface area contributed by atoms with Crippen molar-refractivity contribution in [2.75, 3.05) is 25.0 Å². The Morgan fingerprint density at radius 3 is 2.71 bits per heavy atom. The van der Waals surface area contributed by atoms with Crippen LogP contribution in [0.1, 0.15) is 23.5 Å². The van der Waals surface area contributed by atoms with Gasteiger partial charge in [-0.2, -0.15) is 13.2 Å². The Morgan fingerprint density at radius 1 is 1.33 bits per heavy atom. The second kappa shape index (κ2) is 4.73. The molecule has 2 atom stereocenters. The van der Waals surface area contributed by atoms with Crippen LogP contribution < -0.4 is 4.90 Å². The van der Waals surface area contributed by atoms with Crippen LogP contribution in [0.5, 0.6) is 0 Å². The van der Waals surface area contributed by atoms with Gasteiger partial charge >= 0.3 is 12.1 Å². The Morgan fingerprint density at radius 2 is 2.05 bits per heavy atom. The van der Waals surface area contributed by atoms with Crippen LogP contribution in [-0.2, 0) is 4.79 Å². The lowest BCUT2D eigenvalue weighted by Gasteiger charge is -2.36. The first kappa shape index (κ1) is 14.4. The number of alkyl halides is 3. The minimum Gasteiger partial charge on any atom is -0.306 e. The van der Waals surface area contributed by atoms with Crippen LogP contribution in [0.4, 0.5) is 18.9 Å². The summed E-state index contributed by atoms with van der Waals surface area (Å²) in [5, 5.41) is 0. The number of amides is 1. The maximum Gasteiger partial charge on any atom is 0.471 e. The molecule has 2 unspecified atom stereocenters. The van der Waals surface area contributed by atoms with Crippen molar-refractivity contribution in [3.63, 3.8) is 0 Å². The average molecular weight is 298 g/mol. The first-order valence-corrected chi connectivity index (χ1v) is 6.98. The van der Waals surface area contributed by atoms with Crippen molar-refractivity contribution in [1.29, 1.82) is 0 Å². The van der Waals surface area contributed by atoms with Crippen molar-refractivity contribution in [3.8, 4) is 0 Å². The van der Waals surface area contributed by atoms with Gasteiger partial charge < -0.3 is 9.80 Å². The van der Waals surface area contributed by atoms with E-state index >= 15 is 0 Å². The van der Waals surface area contributed by atoms with Crippen LogP contribution in [0.3, 0.4) is 0 Å². The van der Waals surface area contributed by atoms with Gasteiger partial charge in [-0.3, -0.25) is 4.79 Å². The molecule has 21 heavy (non-hydrogen) atoms. The number of nitrogens with zero attached hydrogens (tertiary/aromatic N) is 2. The SMILES string of the molecule is Cc1ccc2c(c1)C1CN(C)CCC1N2C(=O)C(F)(F)F. The third kappa shape index (κ3) is 2.31. The highest BCUT2D eigenvalue weighted by molar-refractivity contribution is 6.00. The third-order valence-electron chi connectivity index (χ3n) is 4.41. The molecule has 0 spiro atoms. The zero-order valence-corrected chi connectivity index (χ0v) is 11.9. The Hall–Kier alpha value is -1.56. The Kier molecular flexibility index (Phi) is 3.24. The van der Waals surface area contributed by atoms with Crippen LogP contribution in [-0.4, -0.2) is 43.2 Å². The van der Waals surface area contributed by atoms with Gasteiger partial charge in [0.25, 0.3) is 0 Å². The van der Waals surface area contributed by atoms with Gasteiger partial charge in [0, 0.05) is 24.2 Å². The number of fused-ring (bicyclic) bond motifs is 3. The van der Waals surface area contributed by atoms with Gasteiger partial charge in [0.15, 0.2) is 0 Å². The molecule has 6 heteroatoms. The number of anilines is 1. The van der Waals surface area contributed by atoms with Gasteiger partial charge in [-0.25, -0.2) is 0 Å². The predicted octanol–water partition coefficient (Wildman–Crippen LogP) is 2.69. The zero-order valence-electron chi connectivity index (χ0n) is 11.9. The van der Waals surface area contributed by atoms with Crippen molar-refractivity contribution in [1.82, 2.24) is 4.90 Å². The van der Waals surface area contributed by atoms with E-state index in [9.17, 15) is 18.0 Å². The van der Waals surface area contributed by atoms with E-state index in [0.29, 0.717) is 25.2 Å². The summed E-state index contributed by atoms with van der Waals surface area (Å²) in [7, 11) is 1.96. The number of piperidine rings is 1. The number of rotatable bonds is 0. The van der Waals surface area contributed by atoms with E-state index in [1.54, 1.807) is 12.1 Å². The summed E-state index contributed by atoms with van der Waals surface area (Å²) >= 11 is 0. The van der Waals surface area contributed by atoms with E-state index < -0.39 is 12.1 Å². The van der Waals surface area contributed by atoms with Gasteiger partial charge in [0.1, 0.15) is 0 Å². The lowest BCUT2D eigenvalue weighted by atomic mass is 9.89. The summed E-state index contributed by atoms with van der Waals surface area (Å²) in [4.78, 5) is 14.9. The number of hydrogen-bond acceptors (Lipinski definition) is 2. The molecule has 2 heterocycles. The molecule has 3 nitrogen and oxygen atoms in total. The quantitative estimate of drug-likeness (QED) is 0.735. The molecule has 1 amide bonds. The molecule has 0 bridgehead atoms. The number of carbonyl (C=O) groups excluding carboxylic acids is 1. The number of benzene rings is 1. The molecule has 3 rings (SSSR count). The minimum absolute atomic E-state index is 0.0371. The maximum atomic E-state index is 12.9. The highest BCUT2D eigenvalue weighted by Gasteiger charge is 2.51. The second-order valence-electron chi connectivity index (χ2n) is 5.96. The normalized spacial score (nSPS) is 25.7. The Labute approximate surface area is 121 Å². The highest BCUT2D eigenvalue weighted by Crippen LogP contribution is 2.46. The number of likely N-dealkylation sites (N-methyl/N-ethyl adjacent to an activating group) is 1. The first-order chi connectivity index (χ1) is 9.79. The number of likely N-dealkylation sites (tertiary alicyclic amines) is 1. The summed E-state index contributed by atoms with van der Waals surface area (Å²) in [6.45, 7) is 3.30. The van der Waals surface area contributed by atoms with E-state index in [-0.39, 0.29) is 12.0 Å². The van der Waals surface area contributed by atoms with Crippen molar-refractivity contribution in [2.45, 2.75) is 31.5 Å². The van der Waals surface area contributed by atoms with Gasteiger partial charge in [0.2, 0.25) is 0 Å². The standard InChI is InChI=1S/C15H17F3N2O/c1-9-3-4-12-10(7-9)11-8-19(2)6-5-13(11)20(12)14(21)15(16,17)18/h3-4,7,11,13H,5-6,8H2,1-2H3. The van der Waals surface area contributed by atoms with Crippen LogP contribution in [0.25, 0.3) is 0 Å². The summed E-state index contributed by atoms with van der Waals surface area (Å²) in [6, 6.07) is 4.94. The van der Waals surface area contributed by atoms with Crippen LogP contribution in [0.2, 0.25) is 0 Å². The molecule has 1 aromatic carbocycles. The molecule has 2 aliphatic rings. The van der Waals surface area contributed by atoms with E-state index in [4.69, 9.17) is 0 Å². The van der Waals surface area contributed by atoms with Gasteiger partial charge in [-0.05, 0) is 38.6 Å². The largest absolute Gasteiger partial charge is 0.471 e. The topological polar surface area (TPSA) is 23.6 Å². The van der Waals surface area contributed by atoms with Crippen LogP contribution in [0.15, 0.2) is 18.2 Å². The molecule has 2 aliphatic heterocycles. The van der Waals surface area contributed by atoms with Crippen LogP contribution in [0, 0.1) is 6.92 Å². The molecule has 0 aromatic heterocycles. The number of aryl methyl sites for hydroxylation is 1. The molecule has 0 aliphatic carbocycles. The minimum atomic E-state index is -4.83. The van der Waals surface area contributed by atoms with E-state index in [1.165, 1.54) is 0 Å². The molecular weight excluding hydrogens is 281 g/mol. The second-order valence-corrected chi connectivity index (χ2v) is 5.96. The monoisotopic (exact) mass is 298 g/mol. The van der Waals surface area contributed by atoms with Crippen molar-refractivity contribution >= 4 is 11.6 Å². The number of hydrogen-bond donors (Lipinski definition) is 0. The summed E-state index contributed by atoms with van der Waals surface area (Å²) in [5.74, 6) is -1.78. The fourth-order valence-electron chi connectivity index (χ4n) is 3.48. The number of carbonyl (C=O) groups is 1. The first-order valence-electron chi connectivity index (χ1n) is 6.98. The van der Waals surface area contributed by atoms with E-state index in [1.807, 2.05) is 20.0 Å². The summed E-state index contributed by atoms with van der Waals surface area (Å²) in [6.07, 6.45) is -4.27. The van der Waals surface area contributed by atoms with Crippen molar-refractivity contribution < 1.29 is 18.0 Å². The van der Waals surface area contributed by atoms with E-state index in [0.717, 1.165) is 16.0 Å².